The molecule has 1 aromatic heterocycles. The summed E-state index contributed by atoms with van der Waals surface area (Å²) in [5.74, 6) is 0.462. The maximum absolute atomic E-state index is 13.3. The standard InChI is InChI=1S/C23H28F6N4O2/c1-21(2)8-15-16(10-30)20(31-19(13-3-4-13)17(15)12-35-21)32-5-6-33(18(34)9-23(27,28)29)14(11-32)7-22(24,25)26/h13-14,18,34H,3-9,11-12H2,1-2H3. The molecule has 194 valence electrons. The van der Waals surface area contributed by atoms with Crippen molar-refractivity contribution in [2.24, 2.45) is 0 Å². The Morgan fingerprint density at radius 3 is 2.40 bits per heavy atom. The molecule has 1 saturated heterocycles. The van der Waals surface area contributed by atoms with Crippen molar-refractivity contribution in [1.82, 2.24) is 9.88 Å². The number of halogens is 6. The van der Waals surface area contributed by atoms with Crippen LogP contribution in [0.2, 0.25) is 0 Å². The van der Waals surface area contributed by atoms with Gasteiger partial charge < -0.3 is 14.7 Å². The van der Waals surface area contributed by atoms with Crippen LogP contribution in [0.4, 0.5) is 32.2 Å². The second kappa shape index (κ2) is 9.09. The summed E-state index contributed by atoms with van der Waals surface area (Å²) in [6.45, 7) is 3.59. The average Bonchev–Trinajstić information content (AvgIpc) is 3.54. The first kappa shape index (κ1) is 26.0. The van der Waals surface area contributed by atoms with Crippen molar-refractivity contribution in [2.45, 2.75) is 88.7 Å². The number of piperazine rings is 1. The van der Waals surface area contributed by atoms with Gasteiger partial charge in [0.1, 0.15) is 18.1 Å². The molecule has 3 aliphatic rings. The van der Waals surface area contributed by atoms with Gasteiger partial charge in [-0.3, -0.25) is 4.90 Å². The van der Waals surface area contributed by atoms with Crippen molar-refractivity contribution < 1.29 is 36.2 Å². The number of nitrogens with zero attached hydrogens (tertiary/aromatic N) is 4. The number of hydrogen-bond acceptors (Lipinski definition) is 6. The molecule has 6 nitrogen and oxygen atoms in total. The lowest BCUT2D eigenvalue weighted by Crippen LogP contribution is -2.58. The van der Waals surface area contributed by atoms with E-state index in [-0.39, 0.29) is 36.9 Å². The van der Waals surface area contributed by atoms with Crippen molar-refractivity contribution in [3.63, 3.8) is 0 Å². The van der Waals surface area contributed by atoms with Crippen LogP contribution in [0.1, 0.15) is 67.8 Å². The molecule has 2 unspecified atom stereocenters. The molecule has 12 heteroatoms. The number of fused-ring (bicyclic) bond motifs is 1. The van der Waals surface area contributed by atoms with E-state index in [9.17, 15) is 36.7 Å². The molecule has 2 atom stereocenters. The highest BCUT2D eigenvalue weighted by atomic mass is 19.4. The van der Waals surface area contributed by atoms with Crippen LogP contribution in [-0.4, -0.2) is 64.8 Å². The lowest BCUT2D eigenvalue weighted by molar-refractivity contribution is -0.190. The Kier molecular flexibility index (Phi) is 6.74. The second-order valence-electron chi connectivity index (χ2n) is 10.2. The number of rotatable bonds is 5. The number of nitriles is 1. The maximum Gasteiger partial charge on any atom is 0.392 e. The number of alkyl halides is 6. The van der Waals surface area contributed by atoms with Crippen molar-refractivity contribution in [3.05, 3.63) is 22.4 Å². The van der Waals surface area contributed by atoms with Gasteiger partial charge in [0, 0.05) is 43.6 Å². The van der Waals surface area contributed by atoms with E-state index in [1.165, 1.54) is 0 Å². The number of ether oxygens (including phenoxy) is 1. The Hall–Kier alpha value is -2.10. The van der Waals surface area contributed by atoms with Crippen LogP contribution in [0.25, 0.3) is 0 Å². The fourth-order valence-corrected chi connectivity index (χ4v) is 5.05. The molecule has 0 amide bonds. The minimum atomic E-state index is -4.72. The van der Waals surface area contributed by atoms with E-state index < -0.39 is 43.1 Å². The fraction of sp³-hybridized carbons (Fsp3) is 0.739. The molecule has 1 aliphatic carbocycles. The number of aliphatic hydroxyl groups excluding tert-OH is 1. The van der Waals surface area contributed by atoms with E-state index >= 15 is 0 Å². The summed E-state index contributed by atoms with van der Waals surface area (Å²) in [5.41, 5.74) is 2.17. The van der Waals surface area contributed by atoms with Crippen molar-refractivity contribution in [3.8, 4) is 6.07 Å². The lowest BCUT2D eigenvalue weighted by Gasteiger charge is -2.45. The van der Waals surface area contributed by atoms with Gasteiger partial charge in [-0.15, -0.1) is 0 Å². The Morgan fingerprint density at radius 1 is 1.14 bits per heavy atom. The summed E-state index contributed by atoms with van der Waals surface area (Å²) in [7, 11) is 0. The molecular formula is C23H28F6N4O2. The Balaban J connectivity index is 1.69. The maximum atomic E-state index is 13.3. The van der Waals surface area contributed by atoms with E-state index in [0.717, 1.165) is 34.6 Å². The summed E-state index contributed by atoms with van der Waals surface area (Å²) >= 11 is 0. The SMILES string of the molecule is CC1(C)Cc2c(C#N)c(N3CCN(C(O)CC(F)(F)F)C(CC(F)(F)F)C3)nc(C3CC3)c2CO1. The zero-order valence-corrected chi connectivity index (χ0v) is 19.5. The van der Waals surface area contributed by atoms with Crippen molar-refractivity contribution in [1.29, 1.82) is 5.26 Å². The minimum absolute atomic E-state index is 0.0355. The molecule has 3 heterocycles. The summed E-state index contributed by atoms with van der Waals surface area (Å²) in [6.07, 6.45) is -12.2. The topological polar surface area (TPSA) is 72.6 Å². The first-order chi connectivity index (χ1) is 16.2. The van der Waals surface area contributed by atoms with E-state index in [1.807, 2.05) is 13.8 Å². The molecule has 1 N–H and O–H groups in total. The van der Waals surface area contributed by atoms with E-state index in [1.54, 1.807) is 4.90 Å². The second-order valence-corrected chi connectivity index (χ2v) is 10.2. The van der Waals surface area contributed by atoms with Gasteiger partial charge in [0.05, 0.1) is 36.3 Å². The van der Waals surface area contributed by atoms with Crippen LogP contribution in [-0.2, 0) is 17.8 Å². The van der Waals surface area contributed by atoms with Crippen LogP contribution < -0.4 is 4.90 Å². The molecule has 2 fully saturated rings. The van der Waals surface area contributed by atoms with E-state index in [2.05, 4.69) is 6.07 Å². The third-order valence-electron chi connectivity index (χ3n) is 6.80. The smallest absolute Gasteiger partial charge is 0.378 e. The highest BCUT2D eigenvalue weighted by Gasteiger charge is 2.44. The molecule has 2 aliphatic heterocycles. The highest BCUT2D eigenvalue weighted by Crippen LogP contribution is 2.46. The van der Waals surface area contributed by atoms with Crippen LogP contribution in [0.5, 0.6) is 0 Å². The third kappa shape index (κ3) is 6.01. The van der Waals surface area contributed by atoms with E-state index in [4.69, 9.17) is 9.72 Å². The average molecular weight is 506 g/mol. The first-order valence-corrected chi connectivity index (χ1v) is 11.6. The lowest BCUT2D eigenvalue weighted by atomic mass is 9.87. The van der Waals surface area contributed by atoms with Gasteiger partial charge in [0.15, 0.2) is 0 Å². The Labute approximate surface area is 199 Å². The molecule has 0 bridgehead atoms. The van der Waals surface area contributed by atoms with Gasteiger partial charge in [-0.05, 0) is 32.3 Å². The molecule has 0 radical (unpaired) electrons. The monoisotopic (exact) mass is 506 g/mol. The highest BCUT2D eigenvalue weighted by molar-refractivity contribution is 5.62. The van der Waals surface area contributed by atoms with Gasteiger partial charge in [0.25, 0.3) is 0 Å². The summed E-state index contributed by atoms with van der Waals surface area (Å²) in [4.78, 5) is 7.15. The molecule has 4 rings (SSSR count). The number of aliphatic hydroxyl groups is 1. The number of anilines is 1. The van der Waals surface area contributed by atoms with Gasteiger partial charge in [-0.2, -0.15) is 31.6 Å². The van der Waals surface area contributed by atoms with Crippen molar-refractivity contribution >= 4 is 5.82 Å². The number of hydrogen-bond donors (Lipinski definition) is 1. The van der Waals surface area contributed by atoms with Gasteiger partial charge in [-0.25, -0.2) is 4.98 Å². The van der Waals surface area contributed by atoms with Gasteiger partial charge >= 0.3 is 12.4 Å². The summed E-state index contributed by atoms with van der Waals surface area (Å²) in [6, 6.07) is 0.758. The molecule has 35 heavy (non-hydrogen) atoms. The van der Waals surface area contributed by atoms with Crippen LogP contribution in [0, 0.1) is 11.3 Å². The zero-order valence-electron chi connectivity index (χ0n) is 19.5. The number of aromatic nitrogens is 1. The summed E-state index contributed by atoms with van der Waals surface area (Å²) < 4.78 is 84.5. The quantitative estimate of drug-likeness (QED) is 0.598. The Morgan fingerprint density at radius 2 is 1.83 bits per heavy atom. The van der Waals surface area contributed by atoms with E-state index in [0.29, 0.717) is 13.0 Å². The molecule has 1 saturated carbocycles. The predicted octanol–water partition coefficient (Wildman–Crippen LogP) is 4.40. The molecule has 0 spiro atoms. The van der Waals surface area contributed by atoms with Crippen LogP contribution in [0.15, 0.2) is 0 Å². The normalized spacial score (nSPS) is 24.1. The third-order valence-corrected chi connectivity index (χ3v) is 6.80. The van der Waals surface area contributed by atoms with Crippen LogP contribution >= 0.6 is 0 Å². The number of pyridine rings is 1. The molecule has 0 aromatic carbocycles. The predicted molar refractivity (Wildman–Crippen MR) is 114 cm³/mol. The van der Waals surface area contributed by atoms with Gasteiger partial charge in [-0.1, -0.05) is 0 Å². The largest absolute Gasteiger partial charge is 0.392 e. The fourth-order valence-electron chi connectivity index (χ4n) is 5.05. The zero-order chi connectivity index (χ0) is 25.8. The van der Waals surface area contributed by atoms with Crippen LogP contribution in [0.3, 0.4) is 0 Å². The molecule has 1 aromatic rings. The summed E-state index contributed by atoms with van der Waals surface area (Å²) in [5, 5.41) is 20.1. The first-order valence-electron chi connectivity index (χ1n) is 11.6. The minimum Gasteiger partial charge on any atom is -0.378 e. The van der Waals surface area contributed by atoms with Gasteiger partial charge in [0.2, 0.25) is 0 Å². The van der Waals surface area contributed by atoms with Crippen molar-refractivity contribution in [2.75, 3.05) is 24.5 Å². The Bertz CT molecular complexity index is 1000. The molecular weight excluding hydrogens is 478 g/mol.